The van der Waals surface area contributed by atoms with E-state index in [-0.39, 0.29) is 5.91 Å². The summed E-state index contributed by atoms with van der Waals surface area (Å²) in [5.41, 5.74) is 2.64. The fraction of sp³-hybridized carbons (Fsp3) is 0.533. The van der Waals surface area contributed by atoms with Crippen molar-refractivity contribution in [1.29, 1.82) is 0 Å². The predicted octanol–water partition coefficient (Wildman–Crippen LogP) is 1.86. The van der Waals surface area contributed by atoms with Gasteiger partial charge in [0.2, 0.25) is 5.91 Å². The molecular formula is C15H24N2O. The minimum absolute atomic E-state index is 0.155. The number of hydrogen-bond donors (Lipinski definition) is 1. The fourth-order valence-corrected chi connectivity index (χ4v) is 1.73. The first kappa shape index (κ1) is 14.7. The number of likely N-dealkylation sites (N-methyl/N-ethyl adjacent to an activating group) is 2. The molecule has 0 aliphatic heterocycles. The minimum Gasteiger partial charge on any atom is -0.344 e. The summed E-state index contributed by atoms with van der Waals surface area (Å²) in [5, 5.41) is 3.05. The van der Waals surface area contributed by atoms with E-state index in [4.69, 9.17) is 0 Å². The lowest BCUT2D eigenvalue weighted by Crippen LogP contribution is -2.36. The SMILES string of the molecule is CCNCC(=O)N(C)CCc1ccc(CC)cc1. The van der Waals surface area contributed by atoms with Crippen molar-refractivity contribution in [3.05, 3.63) is 35.4 Å². The highest BCUT2D eigenvalue weighted by Crippen LogP contribution is 2.06. The van der Waals surface area contributed by atoms with E-state index in [9.17, 15) is 4.79 Å². The van der Waals surface area contributed by atoms with E-state index < -0.39 is 0 Å². The third kappa shape index (κ3) is 4.88. The minimum atomic E-state index is 0.155. The van der Waals surface area contributed by atoms with Gasteiger partial charge in [0.25, 0.3) is 0 Å². The van der Waals surface area contributed by atoms with Crippen LogP contribution in [-0.2, 0) is 17.6 Å². The van der Waals surface area contributed by atoms with Gasteiger partial charge in [-0.15, -0.1) is 0 Å². The van der Waals surface area contributed by atoms with Gasteiger partial charge in [0.05, 0.1) is 6.54 Å². The first-order valence-electron chi connectivity index (χ1n) is 6.69. The Hall–Kier alpha value is -1.35. The van der Waals surface area contributed by atoms with Gasteiger partial charge in [-0.1, -0.05) is 38.1 Å². The Bertz CT molecular complexity index is 359. The van der Waals surface area contributed by atoms with Gasteiger partial charge in [-0.25, -0.2) is 0 Å². The molecule has 1 aromatic rings. The second kappa shape index (κ2) is 7.88. The second-order valence-electron chi connectivity index (χ2n) is 4.52. The molecule has 18 heavy (non-hydrogen) atoms. The number of hydrogen-bond acceptors (Lipinski definition) is 2. The van der Waals surface area contributed by atoms with Gasteiger partial charge in [0.1, 0.15) is 0 Å². The Kier molecular flexibility index (Phi) is 6.44. The van der Waals surface area contributed by atoms with Gasteiger partial charge in [0.15, 0.2) is 0 Å². The van der Waals surface area contributed by atoms with Gasteiger partial charge in [-0.3, -0.25) is 4.79 Å². The molecule has 0 spiro atoms. The number of amides is 1. The van der Waals surface area contributed by atoms with Gasteiger partial charge >= 0.3 is 0 Å². The van der Waals surface area contributed by atoms with Crippen molar-refractivity contribution in [1.82, 2.24) is 10.2 Å². The summed E-state index contributed by atoms with van der Waals surface area (Å²) in [6.07, 6.45) is 1.99. The van der Waals surface area contributed by atoms with E-state index in [1.165, 1.54) is 11.1 Å². The molecule has 0 bridgehead atoms. The largest absolute Gasteiger partial charge is 0.344 e. The molecule has 0 atom stereocenters. The maximum Gasteiger partial charge on any atom is 0.236 e. The highest BCUT2D eigenvalue weighted by atomic mass is 16.2. The van der Waals surface area contributed by atoms with Gasteiger partial charge < -0.3 is 10.2 Å². The number of aryl methyl sites for hydroxylation is 1. The lowest BCUT2D eigenvalue weighted by Gasteiger charge is -2.17. The monoisotopic (exact) mass is 248 g/mol. The van der Waals surface area contributed by atoms with E-state index in [1.54, 1.807) is 4.90 Å². The van der Waals surface area contributed by atoms with Crippen LogP contribution in [0.25, 0.3) is 0 Å². The molecule has 3 nitrogen and oxygen atoms in total. The van der Waals surface area contributed by atoms with Crippen LogP contribution in [-0.4, -0.2) is 37.5 Å². The molecule has 1 rings (SSSR count). The second-order valence-corrected chi connectivity index (χ2v) is 4.52. The fourth-order valence-electron chi connectivity index (χ4n) is 1.73. The summed E-state index contributed by atoms with van der Waals surface area (Å²) in [6, 6.07) is 8.63. The maximum atomic E-state index is 11.7. The van der Waals surface area contributed by atoms with Crippen molar-refractivity contribution in [2.24, 2.45) is 0 Å². The van der Waals surface area contributed by atoms with Crippen LogP contribution >= 0.6 is 0 Å². The van der Waals surface area contributed by atoms with Crippen LogP contribution in [0.3, 0.4) is 0 Å². The summed E-state index contributed by atoms with van der Waals surface area (Å²) in [5.74, 6) is 0.155. The lowest BCUT2D eigenvalue weighted by atomic mass is 10.1. The van der Waals surface area contributed by atoms with Crippen LogP contribution in [0.1, 0.15) is 25.0 Å². The van der Waals surface area contributed by atoms with Crippen molar-refractivity contribution in [2.45, 2.75) is 26.7 Å². The molecule has 0 saturated heterocycles. The molecule has 1 N–H and O–H groups in total. The summed E-state index contributed by atoms with van der Waals surface area (Å²) in [4.78, 5) is 13.5. The van der Waals surface area contributed by atoms with Crippen molar-refractivity contribution in [3.63, 3.8) is 0 Å². The third-order valence-electron chi connectivity index (χ3n) is 3.12. The Morgan fingerprint density at radius 2 is 1.78 bits per heavy atom. The van der Waals surface area contributed by atoms with Gasteiger partial charge in [-0.2, -0.15) is 0 Å². The standard InChI is InChI=1S/C15H24N2O/c1-4-13-6-8-14(9-7-13)10-11-17(3)15(18)12-16-5-2/h6-9,16H,4-5,10-12H2,1-3H3. The molecule has 3 heteroatoms. The van der Waals surface area contributed by atoms with Crippen LogP contribution < -0.4 is 5.32 Å². The lowest BCUT2D eigenvalue weighted by molar-refractivity contribution is -0.128. The summed E-state index contributed by atoms with van der Waals surface area (Å²) in [7, 11) is 1.86. The highest BCUT2D eigenvalue weighted by molar-refractivity contribution is 5.77. The van der Waals surface area contributed by atoms with Crippen LogP contribution in [0.15, 0.2) is 24.3 Å². The molecule has 0 aliphatic rings. The van der Waals surface area contributed by atoms with Gasteiger partial charge in [-0.05, 0) is 30.5 Å². The zero-order valence-corrected chi connectivity index (χ0v) is 11.7. The molecule has 0 saturated carbocycles. The Balaban J connectivity index is 2.36. The molecule has 1 aromatic carbocycles. The third-order valence-corrected chi connectivity index (χ3v) is 3.12. The molecule has 0 aromatic heterocycles. The van der Waals surface area contributed by atoms with Gasteiger partial charge in [0, 0.05) is 13.6 Å². The number of nitrogens with zero attached hydrogens (tertiary/aromatic N) is 1. The van der Waals surface area contributed by atoms with E-state index >= 15 is 0 Å². The average Bonchev–Trinajstić information content (AvgIpc) is 2.42. The Morgan fingerprint density at radius 3 is 2.33 bits per heavy atom. The van der Waals surface area contributed by atoms with Crippen LogP contribution in [0.4, 0.5) is 0 Å². The highest BCUT2D eigenvalue weighted by Gasteiger charge is 2.07. The summed E-state index contributed by atoms with van der Waals surface area (Å²) < 4.78 is 0. The first-order valence-corrected chi connectivity index (χ1v) is 6.69. The molecule has 0 fully saturated rings. The summed E-state index contributed by atoms with van der Waals surface area (Å²) >= 11 is 0. The van der Waals surface area contributed by atoms with Crippen LogP contribution in [0.2, 0.25) is 0 Å². The van der Waals surface area contributed by atoms with E-state index in [0.29, 0.717) is 6.54 Å². The number of carbonyl (C=O) groups excluding carboxylic acids is 1. The Labute approximate surface area is 110 Å². The normalized spacial score (nSPS) is 10.4. The molecule has 100 valence electrons. The zero-order valence-electron chi connectivity index (χ0n) is 11.7. The van der Waals surface area contributed by atoms with E-state index in [1.807, 2.05) is 14.0 Å². The average molecular weight is 248 g/mol. The number of carbonyl (C=O) groups is 1. The van der Waals surface area contributed by atoms with Crippen molar-refractivity contribution >= 4 is 5.91 Å². The quantitative estimate of drug-likeness (QED) is 0.799. The first-order chi connectivity index (χ1) is 8.67. The number of rotatable bonds is 7. The van der Waals surface area contributed by atoms with Crippen molar-refractivity contribution in [3.8, 4) is 0 Å². The molecule has 0 aliphatic carbocycles. The number of nitrogens with one attached hydrogen (secondary N) is 1. The molecule has 1 amide bonds. The zero-order chi connectivity index (χ0) is 13.4. The summed E-state index contributed by atoms with van der Waals surface area (Å²) in [6.45, 7) is 6.19. The van der Waals surface area contributed by atoms with E-state index in [0.717, 1.165) is 25.9 Å². The van der Waals surface area contributed by atoms with Crippen LogP contribution in [0.5, 0.6) is 0 Å². The van der Waals surface area contributed by atoms with E-state index in [2.05, 4.69) is 36.5 Å². The number of benzene rings is 1. The Morgan fingerprint density at radius 1 is 1.17 bits per heavy atom. The smallest absolute Gasteiger partial charge is 0.236 e. The van der Waals surface area contributed by atoms with Crippen molar-refractivity contribution in [2.75, 3.05) is 26.7 Å². The molecule has 0 heterocycles. The molecular weight excluding hydrogens is 224 g/mol. The molecule has 0 radical (unpaired) electrons. The van der Waals surface area contributed by atoms with Crippen molar-refractivity contribution < 1.29 is 4.79 Å². The van der Waals surface area contributed by atoms with Crippen LogP contribution in [0, 0.1) is 0 Å². The predicted molar refractivity (Wildman–Crippen MR) is 75.7 cm³/mol. The topological polar surface area (TPSA) is 32.3 Å². The maximum absolute atomic E-state index is 11.7. The molecule has 0 unspecified atom stereocenters.